The van der Waals surface area contributed by atoms with Crippen molar-refractivity contribution < 1.29 is 45.1 Å². The standard InChI is InChI=1S/C35H39ClF7N9O3/c1-19(27(37)38)45-18-46-50-25-13-21(9-12-24(25)36)26(16-55-31(54)49-33(5,6)35(41,42)43)52-28(53)34(48-30(52)44,17-32(2,3)4)23-10-7-20(8-11-23)22-14-47-51(15-22)29(39)40/h7-15,18,26-27,29,50H,16-17H2,1-6H3,(H2,44,48)(H,49,54)/b45-19+,46-18-/t26-,34-/m1/s1. The molecule has 1 saturated heterocycles. The number of carbonyl (C=O) groups excluding carboxylic acids is 2. The van der Waals surface area contributed by atoms with Crippen molar-refractivity contribution in [2.24, 2.45) is 15.5 Å². The largest absolute Gasteiger partial charge is 0.447 e. The van der Waals surface area contributed by atoms with Crippen molar-refractivity contribution in [2.45, 2.75) is 84.2 Å². The van der Waals surface area contributed by atoms with Gasteiger partial charge in [-0.2, -0.15) is 32.2 Å². The number of hydrogen-bond acceptors (Lipinski definition) is 7. The van der Waals surface area contributed by atoms with E-state index in [2.05, 4.69) is 25.9 Å². The molecule has 20 heteroatoms. The number of carbonyl (C=O) groups is 2. The first-order chi connectivity index (χ1) is 25.5. The Morgan fingerprint density at radius 1 is 1.07 bits per heavy atom. The summed E-state index contributed by atoms with van der Waals surface area (Å²) < 4.78 is 98.5. The lowest BCUT2D eigenvalue weighted by Crippen LogP contribution is -2.54. The minimum absolute atomic E-state index is 0.0713. The highest BCUT2D eigenvalue weighted by Gasteiger charge is 2.55. The number of halogens is 8. The van der Waals surface area contributed by atoms with E-state index in [0.29, 0.717) is 21.4 Å². The Morgan fingerprint density at radius 2 is 1.73 bits per heavy atom. The van der Waals surface area contributed by atoms with Crippen LogP contribution in [-0.2, 0) is 15.1 Å². The number of benzene rings is 2. The normalized spacial score (nSPS) is 17.7. The van der Waals surface area contributed by atoms with Gasteiger partial charge < -0.3 is 15.4 Å². The molecule has 1 aliphatic heterocycles. The zero-order valence-corrected chi connectivity index (χ0v) is 31.2. The summed E-state index contributed by atoms with van der Waals surface area (Å²) in [6.45, 7) is 4.54. The van der Waals surface area contributed by atoms with Crippen molar-refractivity contribution in [3.8, 4) is 11.1 Å². The van der Waals surface area contributed by atoms with Gasteiger partial charge in [0.2, 0.25) is 0 Å². The summed E-state index contributed by atoms with van der Waals surface area (Å²) in [6, 6.07) is 9.22. The van der Waals surface area contributed by atoms with E-state index in [4.69, 9.17) is 21.7 Å². The quantitative estimate of drug-likeness (QED) is 0.0590. The second kappa shape index (κ2) is 16.3. The van der Waals surface area contributed by atoms with Crippen molar-refractivity contribution in [2.75, 3.05) is 12.0 Å². The summed E-state index contributed by atoms with van der Waals surface area (Å²) in [5.41, 5.74) is -1.29. The lowest BCUT2D eigenvalue weighted by atomic mass is 9.75. The Morgan fingerprint density at radius 3 is 2.29 bits per heavy atom. The van der Waals surface area contributed by atoms with E-state index >= 15 is 0 Å². The van der Waals surface area contributed by atoms with Gasteiger partial charge in [-0.15, -0.1) is 0 Å². The van der Waals surface area contributed by atoms with Crippen LogP contribution in [0.4, 0.5) is 41.2 Å². The third kappa shape index (κ3) is 9.92. The Balaban J connectivity index is 1.76. The van der Waals surface area contributed by atoms with Crippen molar-refractivity contribution >= 4 is 47.3 Å². The van der Waals surface area contributed by atoms with Crippen LogP contribution in [0.2, 0.25) is 5.02 Å². The molecule has 4 N–H and O–H groups in total. The average molecular weight is 802 g/mol. The van der Waals surface area contributed by atoms with Crippen LogP contribution < -0.4 is 16.1 Å². The lowest BCUT2D eigenvalue weighted by molar-refractivity contribution is -0.183. The van der Waals surface area contributed by atoms with E-state index in [1.807, 2.05) is 20.8 Å². The van der Waals surface area contributed by atoms with Crippen molar-refractivity contribution in [1.29, 1.82) is 5.41 Å². The van der Waals surface area contributed by atoms with Crippen LogP contribution >= 0.6 is 11.6 Å². The van der Waals surface area contributed by atoms with Gasteiger partial charge >= 0.3 is 18.8 Å². The number of alkyl carbamates (subject to hydrolysis) is 1. The Kier molecular flexibility index (Phi) is 12.6. The summed E-state index contributed by atoms with van der Waals surface area (Å²) in [6.07, 6.45) is -5.78. The first-order valence-corrected chi connectivity index (χ1v) is 16.9. The topological polar surface area (TPSA) is 149 Å². The molecule has 55 heavy (non-hydrogen) atoms. The molecule has 0 unspecified atom stereocenters. The summed E-state index contributed by atoms with van der Waals surface area (Å²) >= 11 is 6.35. The number of ether oxygens (including phenoxy) is 1. The predicted octanol–water partition coefficient (Wildman–Crippen LogP) is 8.49. The van der Waals surface area contributed by atoms with E-state index in [1.54, 1.807) is 29.6 Å². The summed E-state index contributed by atoms with van der Waals surface area (Å²) in [5.74, 6) is -1.13. The number of amides is 2. The number of hydrazone groups is 1. The zero-order valence-electron chi connectivity index (χ0n) is 30.4. The minimum atomic E-state index is -4.84. The van der Waals surface area contributed by atoms with Crippen molar-refractivity contribution in [1.82, 2.24) is 25.3 Å². The van der Waals surface area contributed by atoms with Gasteiger partial charge in [0.1, 0.15) is 24.0 Å². The molecular weight excluding hydrogens is 763 g/mol. The Hall–Kier alpha value is -5.20. The van der Waals surface area contributed by atoms with Crippen LogP contribution in [0.15, 0.2) is 65.0 Å². The highest BCUT2D eigenvalue weighted by atomic mass is 35.5. The highest BCUT2D eigenvalue weighted by molar-refractivity contribution is 6.33. The molecule has 4 rings (SSSR count). The maximum absolute atomic E-state index is 14.8. The maximum Gasteiger partial charge on any atom is 0.411 e. The first kappa shape index (κ1) is 42.5. The van der Waals surface area contributed by atoms with Crippen LogP contribution in [0.25, 0.3) is 11.1 Å². The SMILES string of the molecule is C/C(=N\C=N/Nc1cc([C@@H](COC(=O)NC(C)(C)C(F)(F)F)N2C(=N)N[C@](CC(C)(C)C)(c3ccc(-c4cnn(C(F)F)c4)cc3)C2=O)ccc1Cl)C(F)F. The average Bonchev–Trinajstić information content (AvgIpc) is 3.66. The fourth-order valence-electron chi connectivity index (χ4n) is 5.62. The van der Waals surface area contributed by atoms with Crippen molar-refractivity contribution in [3.63, 3.8) is 0 Å². The third-order valence-corrected chi connectivity index (χ3v) is 8.80. The van der Waals surface area contributed by atoms with E-state index < -0.39 is 72.0 Å². The molecule has 2 amide bonds. The molecule has 0 bridgehead atoms. The van der Waals surface area contributed by atoms with Gasteiger partial charge in [0.25, 0.3) is 12.3 Å². The first-order valence-electron chi connectivity index (χ1n) is 16.5. The summed E-state index contributed by atoms with van der Waals surface area (Å²) in [7, 11) is 0. The third-order valence-electron chi connectivity index (χ3n) is 8.47. The number of nitrogens with one attached hydrogen (secondary N) is 4. The molecule has 3 aromatic rings. The number of nitrogens with zero attached hydrogens (tertiary/aromatic N) is 5. The number of alkyl halides is 7. The molecular formula is C35H39ClF7N9O3. The number of anilines is 1. The van der Waals surface area contributed by atoms with Gasteiger partial charge in [-0.25, -0.2) is 23.2 Å². The van der Waals surface area contributed by atoms with Crippen LogP contribution in [0.5, 0.6) is 0 Å². The second-order valence-corrected chi connectivity index (χ2v) is 14.8. The second-order valence-electron chi connectivity index (χ2n) is 14.4. The molecule has 0 radical (unpaired) electrons. The number of hydrogen-bond donors (Lipinski definition) is 4. The Labute approximate surface area is 316 Å². The maximum atomic E-state index is 14.8. The molecule has 0 spiro atoms. The minimum Gasteiger partial charge on any atom is -0.447 e. The van der Waals surface area contributed by atoms with Gasteiger partial charge in [-0.1, -0.05) is 62.7 Å². The molecule has 298 valence electrons. The van der Waals surface area contributed by atoms with Crippen LogP contribution in [0, 0.1) is 10.8 Å². The smallest absolute Gasteiger partial charge is 0.411 e. The van der Waals surface area contributed by atoms with E-state index in [1.165, 1.54) is 24.4 Å². The van der Waals surface area contributed by atoms with Gasteiger partial charge in [-0.05, 0) is 61.4 Å². The predicted molar refractivity (Wildman–Crippen MR) is 192 cm³/mol. The van der Waals surface area contributed by atoms with Crippen LogP contribution in [0.1, 0.15) is 71.7 Å². The molecule has 0 aliphatic carbocycles. The van der Waals surface area contributed by atoms with Gasteiger partial charge in [0, 0.05) is 11.8 Å². The summed E-state index contributed by atoms with van der Waals surface area (Å²) in [4.78, 5) is 32.1. The summed E-state index contributed by atoms with van der Waals surface area (Å²) in [5, 5.41) is 21.3. The molecule has 2 atom stereocenters. The number of rotatable bonds is 13. The molecule has 1 aliphatic rings. The fourth-order valence-corrected chi connectivity index (χ4v) is 5.78. The Bertz CT molecular complexity index is 1940. The van der Waals surface area contributed by atoms with Gasteiger partial charge in [0.15, 0.2) is 5.96 Å². The van der Waals surface area contributed by atoms with Gasteiger partial charge in [-0.3, -0.25) is 20.5 Å². The zero-order chi connectivity index (χ0) is 41.1. The molecule has 1 fully saturated rings. The fraction of sp³-hybridized carbons (Fsp3) is 0.429. The van der Waals surface area contributed by atoms with E-state index in [9.17, 15) is 40.3 Å². The van der Waals surface area contributed by atoms with Crippen LogP contribution in [0.3, 0.4) is 0 Å². The van der Waals surface area contributed by atoms with Gasteiger partial charge in [0.05, 0.1) is 28.7 Å². The lowest BCUT2D eigenvalue weighted by Gasteiger charge is -2.35. The number of aliphatic imine (C=N–C) groups is 1. The molecule has 2 heterocycles. The molecule has 2 aromatic carbocycles. The van der Waals surface area contributed by atoms with E-state index in [-0.39, 0.29) is 22.7 Å². The monoisotopic (exact) mass is 801 g/mol. The number of aromatic nitrogens is 2. The molecule has 1 aromatic heterocycles. The van der Waals surface area contributed by atoms with Crippen LogP contribution in [-0.4, -0.2) is 69.4 Å². The molecule has 0 saturated carbocycles. The van der Waals surface area contributed by atoms with Crippen molar-refractivity contribution in [3.05, 3.63) is 71.0 Å². The number of guanidine groups is 1. The molecule has 12 nitrogen and oxygen atoms in total. The van der Waals surface area contributed by atoms with E-state index in [0.717, 1.165) is 38.2 Å². The highest BCUT2D eigenvalue weighted by Crippen LogP contribution is 2.43.